The molecule has 32 heavy (non-hydrogen) atoms. The average Bonchev–Trinajstić information content (AvgIpc) is 3.38. The van der Waals surface area contributed by atoms with E-state index in [-0.39, 0.29) is 6.61 Å². The molecule has 1 saturated carbocycles. The maximum atomic E-state index is 8.97. The van der Waals surface area contributed by atoms with Crippen LogP contribution in [0.5, 0.6) is 5.75 Å². The van der Waals surface area contributed by atoms with Gasteiger partial charge in [0.2, 0.25) is 0 Å². The van der Waals surface area contributed by atoms with Crippen LogP contribution in [0.25, 0.3) is 0 Å². The summed E-state index contributed by atoms with van der Waals surface area (Å²) in [5, 5.41) is 8.97. The smallest absolute Gasteiger partial charge is 0.119 e. The molecule has 1 N–H and O–H groups in total. The maximum Gasteiger partial charge on any atom is 0.119 e. The highest BCUT2D eigenvalue weighted by molar-refractivity contribution is 5.27. The molecule has 0 bridgehead atoms. The summed E-state index contributed by atoms with van der Waals surface area (Å²) in [5.41, 5.74) is 1.36. The molecule has 1 atom stereocenters. The summed E-state index contributed by atoms with van der Waals surface area (Å²) in [6.07, 6.45) is 12.6. The van der Waals surface area contributed by atoms with Gasteiger partial charge >= 0.3 is 0 Å². The molecule has 0 radical (unpaired) electrons. The maximum absolute atomic E-state index is 8.97. The second-order valence-electron chi connectivity index (χ2n) is 10.3. The molecule has 180 valence electrons. The van der Waals surface area contributed by atoms with Crippen molar-refractivity contribution >= 4 is 0 Å². The Bertz CT molecular complexity index is 641. The summed E-state index contributed by atoms with van der Waals surface area (Å²) >= 11 is 0. The van der Waals surface area contributed by atoms with Crippen molar-refractivity contribution in [1.29, 1.82) is 0 Å². The number of likely N-dealkylation sites (tertiary alicyclic amines) is 2. The lowest BCUT2D eigenvalue weighted by molar-refractivity contribution is 0.0912. The Morgan fingerprint density at radius 3 is 2.44 bits per heavy atom. The SMILES string of the molecule is OCCOc1ccc(CN(CCN2CCCCC2)C[C@H]2CCCN(C3CCCC3)C2)cc1. The molecular weight excluding hydrogens is 398 g/mol. The van der Waals surface area contributed by atoms with Gasteiger partial charge in [-0.2, -0.15) is 0 Å². The highest BCUT2D eigenvalue weighted by Crippen LogP contribution is 2.28. The van der Waals surface area contributed by atoms with Crippen LogP contribution in [0.4, 0.5) is 0 Å². The van der Waals surface area contributed by atoms with Crippen molar-refractivity contribution in [2.24, 2.45) is 5.92 Å². The van der Waals surface area contributed by atoms with E-state index < -0.39 is 0 Å². The largest absolute Gasteiger partial charge is 0.491 e. The predicted octanol–water partition coefficient (Wildman–Crippen LogP) is 4.00. The number of ether oxygens (including phenoxy) is 1. The second kappa shape index (κ2) is 12.9. The summed E-state index contributed by atoms with van der Waals surface area (Å²) in [6, 6.07) is 9.37. The fraction of sp³-hybridized carbons (Fsp3) is 0.778. The lowest BCUT2D eigenvalue weighted by Gasteiger charge is -2.39. The van der Waals surface area contributed by atoms with E-state index in [1.54, 1.807) is 0 Å². The van der Waals surface area contributed by atoms with E-state index in [1.807, 2.05) is 0 Å². The topological polar surface area (TPSA) is 39.2 Å². The van der Waals surface area contributed by atoms with Crippen LogP contribution in [0.1, 0.15) is 63.4 Å². The molecule has 5 heteroatoms. The zero-order valence-corrected chi connectivity index (χ0v) is 20.1. The quantitative estimate of drug-likeness (QED) is 0.560. The Morgan fingerprint density at radius 2 is 1.69 bits per heavy atom. The van der Waals surface area contributed by atoms with E-state index in [2.05, 4.69) is 39.0 Å². The molecule has 1 aromatic rings. The molecule has 0 spiro atoms. The van der Waals surface area contributed by atoms with Crippen LogP contribution in [-0.2, 0) is 6.54 Å². The molecule has 4 rings (SSSR count). The minimum atomic E-state index is 0.0608. The van der Waals surface area contributed by atoms with Crippen molar-refractivity contribution in [3.63, 3.8) is 0 Å². The first-order valence-electron chi connectivity index (χ1n) is 13.3. The third-order valence-electron chi connectivity index (χ3n) is 7.78. The Labute approximate surface area is 195 Å². The summed E-state index contributed by atoms with van der Waals surface area (Å²) in [5.74, 6) is 1.65. The molecule has 1 aromatic carbocycles. The summed E-state index contributed by atoms with van der Waals surface area (Å²) in [4.78, 5) is 8.23. The third kappa shape index (κ3) is 7.44. The molecule has 1 aliphatic carbocycles. The zero-order chi connectivity index (χ0) is 22.0. The third-order valence-corrected chi connectivity index (χ3v) is 7.78. The summed E-state index contributed by atoms with van der Waals surface area (Å²) < 4.78 is 5.55. The van der Waals surface area contributed by atoms with Crippen LogP contribution in [-0.4, -0.2) is 84.9 Å². The first kappa shape index (κ1) is 24.0. The van der Waals surface area contributed by atoms with Gasteiger partial charge in [0.25, 0.3) is 0 Å². The number of aliphatic hydroxyl groups is 1. The van der Waals surface area contributed by atoms with Gasteiger partial charge in [-0.15, -0.1) is 0 Å². The first-order valence-corrected chi connectivity index (χ1v) is 13.3. The molecule has 5 nitrogen and oxygen atoms in total. The molecule has 0 amide bonds. The van der Waals surface area contributed by atoms with Crippen molar-refractivity contribution in [1.82, 2.24) is 14.7 Å². The van der Waals surface area contributed by atoms with Gasteiger partial charge in [-0.1, -0.05) is 31.4 Å². The Hall–Kier alpha value is -1.14. The number of aliphatic hydroxyl groups excluding tert-OH is 1. The average molecular weight is 444 g/mol. The summed E-state index contributed by atoms with van der Waals surface area (Å²) in [6.45, 7) is 10.2. The highest BCUT2D eigenvalue weighted by Gasteiger charge is 2.28. The number of nitrogens with zero attached hydrogens (tertiary/aromatic N) is 3. The van der Waals surface area contributed by atoms with E-state index in [0.717, 1.165) is 24.3 Å². The van der Waals surface area contributed by atoms with Gasteiger partial charge in [0.15, 0.2) is 0 Å². The molecule has 0 unspecified atom stereocenters. The molecule has 2 saturated heterocycles. The van der Waals surface area contributed by atoms with Crippen molar-refractivity contribution in [3.8, 4) is 5.75 Å². The Kier molecular flexibility index (Phi) is 9.70. The van der Waals surface area contributed by atoms with Gasteiger partial charge in [0.05, 0.1) is 6.61 Å². The number of hydrogen-bond donors (Lipinski definition) is 1. The van der Waals surface area contributed by atoms with Crippen molar-refractivity contribution in [3.05, 3.63) is 29.8 Å². The van der Waals surface area contributed by atoms with Gasteiger partial charge in [-0.25, -0.2) is 0 Å². The fourth-order valence-corrected chi connectivity index (χ4v) is 6.03. The Balaban J connectivity index is 1.34. The van der Waals surface area contributed by atoms with E-state index in [9.17, 15) is 0 Å². The van der Waals surface area contributed by atoms with Crippen LogP contribution >= 0.6 is 0 Å². The van der Waals surface area contributed by atoms with Crippen LogP contribution in [0.2, 0.25) is 0 Å². The highest BCUT2D eigenvalue weighted by atomic mass is 16.5. The fourth-order valence-electron chi connectivity index (χ4n) is 6.03. The normalized spacial score (nSPS) is 23.8. The van der Waals surface area contributed by atoms with Crippen molar-refractivity contribution < 1.29 is 9.84 Å². The minimum absolute atomic E-state index is 0.0608. The molecule has 2 aliphatic heterocycles. The lowest BCUT2D eigenvalue weighted by atomic mass is 9.95. The van der Waals surface area contributed by atoms with Gasteiger partial charge in [0, 0.05) is 38.8 Å². The van der Waals surface area contributed by atoms with Crippen LogP contribution in [0, 0.1) is 5.92 Å². The molecular formula is C27H45N3O2. The van der Waals surface area contributed by atoms with E-state index in [1.165, 1.54) is 109 Å². The van der Waals surface area contributed by atoms with E-state index in [0.29, 0.717) is 6.61 Å². The van der Waals surface area contributed by atoms with Crippen molar-refractivity contribution in [2.75, 3.05) is 59.0 Å². The molecule has 2 heterocycles. The molecule has 0 aromatic heterocycles. The second-order valence-corrected chi connectivity index (χ2v) is 10.3. The number of hydrogen-bond acceptors (Lipinski definition) is 5. The van der Waals surface area contributed by atoms with Crippen LogP contribution in [0.3, 0.4) is 0 Å². The van der Waals surface area contributed by atoms with Crippen LogP contribution < -0.4 is 4.74 Å². The lowest BCUT2D eigenvalue weighted by Crippen LogP contribution is -2.46. The minimum Gasteiger partial charge on any atom is -0.491 e. The number of rotatable bonds is 11. The first-order chi connectivity index (χ1) is 15.8. The number of piperidine rings is 2. The predicted molar refractivity (Wildman–Crippen MR) is 131 cm³/mol. The Morgan fingerprint density at radius 1 is 0.906 bits per heavy atom. The van der Waals surface area contributed by atoms with Gasteiger partial charge in [-0.05, 0) is 81.8 Å². The standard InChI is InChI=1S/C27H45N3O2/c31-19-20-32-27-12-10-24(11-13-27)21-29(18-17-28-14-4-1-5-15-28)22-25-7-6-16-30(23-25)26-8-2-3-9-26/h10-13,25-26,31H,1-9,14-23H2/t25-/m1/s1. The van der Waals surface area contributed by atoms with Crippen LogP contribution in [0.15, 0.2) is 24.3 Å². The monoisotopic (exact) mass is 443 g/mol. The molecule has 3 fully saturated rings. The van der Waals surface area contributed by atoms with Gasteiger partial charge in [-0.3, -0.25) is 4.90 Å². The zero-order valence-electron chi connectivity index (χ0n) is 20.1. The number of benzene rings is 1. The van der Waals surface area contributed by atoms with E-state index >= 15 is 0 Å². The van der Waals surface area contributed by atoms with Crippen molar-refractivity contribution in [2.45, 2.75) is 70.4 Å². The van der Waals surface area contributed by atoms with Gasteiger partial charge in [0.1, 0.15) is 12.4 Å². The summed E-state index contributed by atoms with van der Waals surface area (Å²) in [7, 11) is 0. The van der Waals surface area contributed by atoms with E-state index in [4.69, 9.17) is 9.84 Å². The molecule has 3 aliphatic rings. The van der Waals surface area contributed by atoms with Gasteiger partial charge < -0.3 is 19.6 Å².